The van der Waals surface area contributed by atoms with Crippen LogP contribution in [0.1, 0.15) is 10.5 Å². The number of aryl methyl sites for hydroxylation is 1. The summed E-state index contributed by atoms with van der Waals surface area (Å²) in [6.07, 6.45) is 0. The van der Waals surface area contributed by atoms with Gasteiger partial charge in [0.05, 0.1) is 16.1 Å². The molecule has 2 heterocycles. The third-order valence-corrected chi connectivity index (χ3v) is 5.12. The molecule has 4 aromatic rings. The zero-order valence-electron chi connectivity index (χ0n) is 16.3. The highest BCUT2D eigenvalue weighted by molar-refractivity contribution is 6.31. The molecule has 0 aliphatic heterocycles. The smallest absolute Gasteiger partial charge is 0.296 e. The predicted molar refractivity (Wildman–Crippen MR) is 113 cm³/mol. The number of carbonyl (C=O) groups is 1. The molecule has 0 spiro atoms. The second kappa shape index (κ2) is 6.96. The van der Waals surface area contributed by atoms with Gasteiger partial charge in [-0.25, -0.2) is 0 Å². The van der Waals surface area contributed by atoms with E-state index in [1.165, 1.54) is 29.2 Å². The van der Waals surface area contributed by atoms with Gasteiger partial charge in [-0.2, -0.15) is 9.78 Å². The molecule has 10 heteroatoms. The van der Waals surface area contributed by atoms with Gasteiger partial charge in [0, 0.05) is 49.1 Å². The monoisotopic (exact) mass is 425 g/mol. The van der Waals surface area contributed by atoms with Crippen LogP contribution in [0.3, 0.4) is 0 Å². The van der Waals surface area contributed by atoms with Crippen molar-refractivity contribution in [1.29, 1.82) is 0 Å². The number of carbonyl (C=O) groups excluding carboxylic acids is 1. The Morgan fingerprint density at radius 2 is 1.93 bits per heavy atom. The summed E-state index contributed by atoms with van der Waals surface area (Å²) < 4.78 is 2.67. The van der Waals surface area contributed by atoms with Crippen LogP contribution in [0.25, 0.3) is 27.5 Å². The number of fused-ring (bicyclic) bond motifs is 3. The molecule has 0 saturated heterocycles. The molecule has 9 nitrogen and oxygen atoms in total. The van der Waals surface area contributed by atoms with Crippen molar-refractivity contribution in [2.24, 2.45) is 7.05 Å². The van der Waals surface area contributed by atoms with E-state index in [4.69, 9.17) is 11.6 Å². The van der Waals surface area contributed by atoms with Crippen LogP contribution in [0.15, 0.2) is 47.3 Å². The van der Waals surface area contributed by atoms with Gasteiger partial charge in [0.15, 0.2) is 5.69 Å². The molecule has 4 rings (SSSR count). The molecular weight excluding hydrogens is 410 g/mol. The van der Waals surface area contributed by atoms with Crippen molar-refractivity contribution in [3.8, 4) is 5.69 Å². The van der Waals surface area contributed by atoms with E-state index in [2.05, 4.69) is 5.10 Å². The summed E-state index contributed by atoms with van der Waals surface area (Å²) in [6.45, 7) is 0. The first-order chi connectivity index (χ1) is 14.2. The Labute approximate surface area is 174 Å². The minimum atomic E-state index is -0.558. The normalized spacial score (nSPS) is 11.2. The van der Waals surface area contributed by atoms with Crippen LogP contribution in [0.4, 0.5) is 5.69 Å². The number of aromatic nitrogens is 3. The van der Waals surface area contributed by atoms with Crippen molar-refractivity contribution < 1.29 is 9.72 Å². The van der Waals surface area contributed by atoms with E-state index >= 15 is 0 Å². The van der Waals surface area contributed by atoms with Crippen molar-refractivity contribution in [1.82, 2.24) is 19.2 Å². The summed E-state index contributed by atoms with van der Waals surface area (Å²) >= 11 is 6.13. The predicted octanol–water partition coefficient (Wildman–Crippen LogP) is 3.14. The van der Waals surface area contributed by atoms with Crippen molar-refractivity contribution in [3.63, 3.8) is 0 Å². The molecular formula is C20H16ClN5O4. The molecule has 0 N–H and O–H groups in total. The Hall–Kier alpha value is -3.72. The molecule has 152 valence electrons. The van der Waals surface area contributed by atoms with Gasteiger partial charge in [0.1, 0.15) is 5.52 Å². The zero-order chi connectivity index (χ0) is 21.7. The molecule has 0 bridgehead atoms. The summed E-state index contributed by atoms with van der Waals surface area (Å²) in [5, 5.41) is 17.1. The first-order valence-electron chi connectivity index (χ1n) is 8.88. The number of hydrogen-bond acceptors (Lipinski definition) is 5. The molecule has 0 radical (unpaired) electrons. The number of benzene rings is 2. The van der Waals surface area contributed by atoms with Crippen molar-refractivity contribution in [3.05, 3.63) is 73.6 Å². The average molecular weight is 426 g/mol. The van der Waals surface area contributed by atoms with Gasteiger partial charge >= 0.3 is 0 Å². The SMILES string of the molecule is CN(C)C(=O)c1nn(-c2cccc([N+](=O)[O-])c2)c(=O)c2c1c1ccc(Cl)cc1n2C. The van der Waals surface area contributed by atoms with E-state index in [-0.39, 0.29) is 22.6 Å². The highest BCUT2D eigenvalue weighted by atomic mass is 35.5. The summed E-state index contributed by atoms with van der Waals surface area (Å²) in [5.41, 5.74) is 0.474. The molecule has 0 saturated carbocycles. The topological polar surface area (TPSA) is 103 Å². The van der Waals surface area contributed by atoms with E-state index in [0.717, 1.165) is 4.68 Å². The van der Waals surface area contributed by atoms with Crippen LogP contribution in [0.2, 0.25) is 5.02 Å². The maximum atomic E-state index is 13.4. The first kappa shape index (κ1) is 19.6. The van der Waals surface area contributed by atoms with E-state index in [1.54, 1.807) is 43.9 Å². The average Bonchev–Trinajstić information content (AvgIpc) is 3.00. The fourth-order valence-corrected chi connectivity index (χ4v) is 3.64. The standard InChI is InChI=1S/C20H16ClN5O4/c1-23(2)19(27)17-16-14-8-7-11(21)9-15(14)24(3)18(16)20(28)25(22-17)12-5-4-6-13(10-12)26(29)30/h4-10H,1-3H3. The molecule has 2 aromatic carbocycles. The Morgan fingerprint density at radius 1 is 1.20 bits per heavy atom. The fourth-order valence-electron chi connectivity index (χ4n) is 3.47. The van der Waals surface area contributed by atoms with E-state index < -0.39 is 16.4 Å². The highest BCUT2D eigenvalue weighted by Gasteiger charge is 2.25. The lowest BCUT2D eigenvalue weighted by Gasteiger charge is -2.13. The number of amides is 1. The van der Waals surface area contributed by atoms with Gasteiger partial charge < -0.3 is 9.47 Å². The maximum Gasteiger partial charge on any atom is 0.296 e. The number of nitrogens with zero attached hydrogens (tertiary/aromatic N) is 5. The number of nitro groups is 1. The van der Waals surface area contributed by atoms with Gasteiger partial charge in [0.2, 0.25) is 0 Å². The number of rotatable bonds is 3. The minimum Gasteiger partial charge on any atom is -0.343 e. The molecule has 0 unspecified atom stereocenters. The Bertz CT molecular complexity index is 1420. The zero-order valence-corrected chi connectivity index (χ0v) is 17.0. The quantitative estimate of drug-likeness (QED) is 0.370. The number of non-ortho nitro benzene ring substituents is 1. The molecule has 0 fully saturated rings. The van der Waals surface area contributed by atoms with Gasteiger partial charge in [-0.05, 0) is 18.2 Å². The Morgan fingerprint density at radius 3 is 2.60 bits per heavy atom. The van der Waals surface area contributed by atoms with Crippen molar-refractivity contribution in [2.45, 2.75) is 0 Å². The highest BCUT2D eigenvalue weighted by Crippen LogP contribution is 2.31. The van der Waals surface area contributed by atoms with E-state index in [9.17, 15) is 19.7 Å². The Balaban J connectivity index is 2.18. The third-order valence-electron chi connectivity index (χ3n) is 4.89. The summed E-state index contributed by atoms with van der Waals surface area (Å²) in [4.78, 5) is 38.3. The molecule has 30 heavy (non-hydrogen) atoms. The third kappa shape index (κ3) is 2.91. The first-order valence-corrected chi connectivity index (χ1v) is 9.26. The van der Waals surface area contributed by atoms with Gasteiger partial charge in [-0.15, -0.1) is 0 Å². The lowest BCUT2D eigenvalue weighted by atomic mass is 10.1. The van der Waals surface area contributed by atoms with E-state index in [1.807, 2.05) is 0 Å². The largest absolute Gasteiger partial charge is 0.343 e. The Kier molecular flexibility index (Phi) is 4.54. The lowest BCUT2D eigenvalue weighted by Crippen LogP contribution is -2.29. The number of nitro benzene ring substituents is 1. The van der Waals surface area contributed by atoms with Crippen LogP contribution in [0, 0.1) is 10.1 Å². The van der Waals surface area contributed by atoms with E-state index in [0.29, 0.717) is 21.3 Å². The molecule has 0 aliphatic carbocycles. The summed E-state index contributed by atoms with van der Waals surface area (Å²) in [6, 6.07) is 10.7. The molecule has 2 aromatic heterocycles. The van der Waals surface area contributed by atoms with Gasteiger partial charge in [0.25, 0.3) is 17.2 Å². The molecule has 0 atom stereocenters. The maximum absolute atomic E-state index is 13.4. The summed E-state index contributed by atoms with van der Waals surface area (Å²) in [7, 11) is 4.87. The summed E-state index contributed by atoms with van der Waals surface area (Å²) in [5.74, 6) is -0.401. The van der Waals surface area contributed by atoms with Crippen molar-refractivity contribution in [2.75, 3.05) is 14.1 Å². The fraction of sp³-hybridized carbons (Fsp3) is 0.150. The number of halogens is 1. The second-order valence-corrected chi connectivity index (χ2v) is 7.42. The molecule has 1 amide bonds. The minimum absolute atomic E-state index is 0.0639. The van der Waals surface area contributed by atoms with Gasteiger partial charge in [-0.1, -0.05) is 23.7 Å². The molecule has 0 aliphatic rings. The van der Waals surface area contributed by atoms with Crippen LogP contribution >= 0.6 is 11.6 Å². The number of hydrogen-bond donors (Lipinski definition) is 0. The lowest BCUT2D eigenvalue weighted by molar-refractivity contribution is -0.384. The van der Waals surface area contributed by atoms with Gasteiger partial charge in [-0.3, -0.25) is 19.7 Å². The van der Waals surface area contributed by atoms with Crippen LogP contribution in [-0.4, -0.2) is 44.2 Å². The second-order valence-electron chi connectivity index (χ2n) is 6.99. The van der Waals surface area contributed by atoms with Crippen LogP contribution < -0.4 is 5.56 Å². The van der Waals surface area contributed by atoms with Crippen molar-refractivity contribution >= 4 is 45.0 Å². The van der Waals surface area contributed by atoms with Crippen LogP contribution in [0.5, 0.6) is 0 Å². The van der Waals surface area contributed by atoms with Crippen LogP contribution in [-0.2, 0) is 7.05 Å².